The summed E-state index contributed by atoms with van der Waals surface area (Å²) >= 11 is 0. The number of carbonyl (C=O) groups excluding carboxylic acids is 3. The van der Waals surface area contributed by atoms with Gasteiger partial charge in [-0.25, -0.2) is 4.57 Å². The number of phosphoric acid groups is 1. The lowest BCUT2D eigenvalue weighted by atomic mass is 9.99. The van der Waals surface area contributed by atoms with Crippen LogP contribution in [0.15, 0.2) is 0 Å². The molecule has 0 aromatic rings. The van der Waals surface area contributed by atoms with Crippen molar-refractivity contribution in [2.45, 2.75) is 276 Å². The first-order chi connectivity index (χ1) is 30.9. The molecule has 64 heavy (non-hydrogen) atoms. The molecule has 7 atom stereocenters. The molecule has 0 aromatic heterocycles. The minimum Gasteiger partial charge on any atom is -0.463 e. The zero-order valence-electron chi connectivity index (χ0n) is 40.4. The molecule has 14 nitrogen and oxygen atoms in total. The number of phosphoric ester groups is 1. The van der Waals surface area contributed by atoms with Gasteiger partial charge in [-0.15, -0.1) is 0 Å². The van der Waals surface area contributed by atoms with Crippen LogP contribution in [0.25, 0.3) is 0 Å². The Balaban J connectivity index is 2.48. The summed E-state index contributed by atoms with van der Waals surface area (Å²) in [4.78, 5) is 47.3. The molecule has 0 aromatic carbocycles. The van der Waals surface area contributed by atoms with Crippen molar-refractivity contribution >= 4 is 25.7 Å². The molecule has 0 bridgehead atoms. The molecule has 0 amide bonds. The van der Waals surface area contributed by atoms with Crippen LogP contribution in [0.2, 0.25) is 0 Å². The molecule has 0 spiro atoms. The van der Waals surface area contributed by atoms with Crippen LogP contribution in [-0.4, -0.2) is 94.8 Å². The summed E-state index contributed by atoms with van der Waals surface area (Å²) in [6.07, 6.45) is 28.9. The Kier molecular flexibility index (Phi) is 38.1. The second-order valence-corrected chi connectivity index (χ2v) is 19.5. The molecular weight excluding hydrogens is 843 g/mol. The van der Waals surface area contributed by atoms with Gasteiger partial charge in [0.1, 0.15) is 37.6 Å². The molecule has 1 rings (SSSR count). The fraction of sp³-hybridized carbons (Fsp3) is 0.939. The molecule has 15 heteroatoms. The standard InChI is InChI=1S/C49H93O14P/c1-4-6-8-10-12-14-16-18-20-21-23-25-27-29-31-33-35-37-45(52)61-42(38-59-44(51)36-34-32-30-28-26-24-22-19-17-15-13-11-9-7-5-2)39-60-64(56,57)63-49-48(55)47(54)46(53)43(62-49)40-58-41(3)50/h42-43,46-49,53-55H,4-40H2,1-3H3,(H,56,57)/t42-,43+,46+,47-,48+,49-/m1/s1. The highest BCUT2D eigenvalue weighted by Crippen LogP contribution is 2.46. The van der Waals surface area contributed by atoms with Crippen LogP contribution in [-0.2, 0) is 46.9 Å². The Labute approximate surface area is 387 Å². The van der Waals surface area contributed by atoms with Crippen LogP contribution < -0.4 is 0 Å². The number of aliphatic hydroxyl groups is 3. The van der Waals surface area contributed by atoms with E-state index >= 15 is 0 Å². The van der Waals surface area contributed by atoms with Gasteiger partial charge in [-0.3, -0.25) is 23.4 Å². The first-order valence-corrected chi connectivity index (χ1v) is 27.2. The van der Waals surface area contributed by atoms with Crippen LogP contribution in [0.1, 0.15) is 239 Å². The third kappa shape index (κ3) is 33.8. The lowest BCUT2D eigenvalue weighted by Gasteiger charge is -2.40. The molecule has 378 valence electrons. The molecule has 1 aliphatic rings. The van der Waals surface area contributed by atoms with Gasteiger partial charge in [0.25, 0.3) is 0 Å². The van der Waals surface area contributed by atoms with E-state index in [1.54, 1.807) is 0 Å². The van der Waals surface area contributed by atoms with E-state index in [-0.39, 0.29) is 12.8 Å². The van der Waals surface area contributed by atoms with E-state index < -0.39 is 82.4 Å². The maximum atomic E-state index is 13.0. The summed E-state index contributed by atoms with van der Waals surface area (Å²) < 4.78 is 44.1. The predicted octanol–water partition coefficient (Wildman–Crippen LogP) is 11.2. The zero-order chi connectivity index (χ0) is 47.1. The largest absolute Gasteiger partial charge is 0.474 e. The number of hydrogen-bond donors (Lipinski definition) is 4. The van der Waals surface area contributed by atoms with Crippen molar-refractivity contribution in [3.63, 3.8) is 0 Å². The second-order valence-electron chi connectivity index (χ2n) is 18.1. The minimum atomic E-state index is -5.07. The van der Waals surface area contributed by atoms with E-state index in [4.69, 9.17) is 28.0 Å². The fourth-order valence-electron chi connectivity index (χ4n) is 7.93. The quantitative estimate of drug-likeness (QED) is 0.0194. The highest BCUT2D eigenvalue weighted by Gasteiger charge is 2.47. The first kappa shape index (κ1) is 60.4. The van der Waals surface area contributed by atoms with Crippen molar-refractivity contribution in [3.8, 4) is 0 Å². The van der Waals surface area contributed by atoms with E-state index in [1.807, 2.05) is 0 Å². The van der Waals surface area contributed by atoms with Gasteiger partial charge < -0.3 is 39.2 Å². The summed E-state index contributed by atoms with van der Waals surface area (Å²) in [6.45, 7) is 3.97. The Bertz CT molecular complexity index is 1190. The average Bonchev–Trinajstić information content (AvgIpc) is 3.26. The number of ether oxygens (including phenoxy) is 4. The number of carbonyl (C=O) groups is 3. The van der Waals surface area contributed by atoms with Crippen molar-refractivity contribution in [3.05, 3.63) is 0 Å². The summed E-state index contributed by atoms with van der Waals surface area (Å²) in [5.74, 6) is -1.76. The predicted molar refractivity (Wildman–Crippen MR) is 249 cm³/mol. The van der Waals surface area contributed by atoms with E-state index in [2.05, 4.69) is 13.8 Å². The first-order valence-electron chi connectivity index (χ1n) is 25.7. The van der Waals surface area contributed by atoms with E-state index in [0.717, 1.165) is 45.4 Å². The molecule has 0 aliphatic carbocycles. The zero-order valence-corrected chi connectivity index (χ0v) is 41.3. The van der Waals surface area contributed by atoms with Gasteiger partial charge in [-0.1, -0.05) is 206 Å². The maximum Gasteiger partial charge on any atom is 0.474 e. The number of unbranched alkanes of at least 4 members (excludes halogenated alkanes) is 30. The molecule has 0 saturated carbocycles. The molecular formula is C49H93O14P. The number of aliphatic hydroxyl groups excluding tert-OH is 3. The van der Waals surface area contributed by atoms with Crippen LogP contribution >= 0.6 is 7.82 Å². The van der Waals surface area contributed by atoms with Crippen LogP contribution in [0, 0.1) is 0 Å². The molecule has 1 heterocycles. The van der Waals surface area contributed by atoms with Crippen molar-refractivity contribution in [1.82, 2.24) is 0 Å². The van der Waals surface area contributed by atoms with Crippen molar-refractivity contribution in [2.75, 3.05) is 19.8 Å². The SMILES string of the molecule is CCCCCCCCCCCCCCCCCCCC(=O)O[C@H](COC(=O)CCCCCCCCCCCCCCCCC)COP(=O)(O)O[C@H]1O[C@@H](COC(C)=O)[C@H](O)[C@@H](O)[C@@H]1O. The van der Waals surface area contributed by atoms with Gasteiger partial charge >= 0.3 is 25.7 Å². The lowest BCUT2D eigenvalue weighted by molar-refractivity contribution is -0.282. The summed E-state index contributed by atoms with van der Waals surface area (Å²) in [7, 11) is -5.07. The summed E-state index contributed by atoms with van der Waals surface area (Å²) in [6, 6.07) is 0. The monoisotopic (exact) mass is 937 g/mol. The number of hydrogen-bond acceptors (Lipinski definition) is 13. The van der Waals surface area contributed by atoms with E-state index in [0.29, 0.717) is 12.8 Å². The summed E-state index contributed by atoms with van der Waals surface area (Å²) in [5, 5.41) is 30.9. The molecule has 4 N–H and O–H groups in total. The van der Waals surface area contributed by atoms with Gasteiger partial charge in [0.2, 0.25) is 0 Å². The Hall–Kier alpha value is -1.64. The van der Waals surface area contributed by atoms with Gasteiger partial charge in [0.05, 0.1) is 6.61 Å². The summed E-state index contributed by atoms with van der Waals surface area (Å²) in [5.41, 5.74) is 0. The highest BCUT2D eigenvalue weighted by molar-refractivity contribution is 7.47. The highest BCUT2D eigenvalue weighted by atomic mass is 31.2. The minimum absolute atomic E-state index is 0.113. The number of esters is 3. The van der Waals surface area contributed by atoms with Crippen molar-refractivity contribution in [2.24, 2.45) is 0 Å². The topological polar surface area (TPSA) is 205 Å². The van der Waals surface area contributed by atoms with Gasteiger partial charge in [-0.05, 0) is 12.8 Å². The van der Waals surface area contributed by atoms with Crippen LogP contribution in [0.5, 0.6) is 0 Å². The molecule has 1 saturated heterocycles. The van der Waals surface area contributed by atoms with Gasteiger partial charge in [-0.2, -0.15) is 0 Å². The van der Waals surface area contributed by atoms with Gasteiger partial charge in [0.15, 0.2) is 12.4 Å². The Morgan fingerprint density at radius 3 is 1.28 bits per heavy atom. The number of rotatable bonds is 44. The fourth-order valence-corrected chi connectivity index (χ4v) is 8.79. The van der Waals surface area contributed by atoms with Gasteiger partial charge in [0, 0.05) is 19.8 Å². The van der Waals surface area contributed by atoms with Crippen molar-refractivity contribution in [1.29, 1.82) is 0 Å². The molecule has 0 radical (unpaired) electrons. The Morgan fingerprint density at radius 2 is 0.891 bits per heavy atom. The Morgan fingerprint density at radius 1 is 0.516 bits per heavy atom. The normalized spacial score (nSPS) is 20.1. The van der Waals surface area contributed by atoms with E-state index in [9.17, 15) is 39.2 Å². The van der Waals surface area contributed by atoms with Crippen molar-refractivity contribution < 1.29 is 67.2 Å². The third-order valence-corrected chi connectivity index (χ3v) is 12.9. The molecule has 1 fully saturated rings. The maximum absolute atomic E-state index is 13.0. The van der Waals surface area contributed by atoms with Crippen LogP contribution in [0.4, 0.5) is 0 Å². The average molecular weight is 937 g/mol. The second kappa shape index (κ2) is 40.4. The van der Waals surface area contributed by atoms with E-state index in [1.165, 1.54) is 154 Å². The van der Waals surface area contributed by atoms with Crippen LogP contribution in [0.3, 0.4) is 0 Å². The lowest BCUT2D eigenvalue weighted by Crippen LogP contribution is -2.59. The molecule has 1 aliphatic heterocycles. The molecule has 1 unspecified atom stereocenters. The smallest absolute Gasteiger partial charge is 0.463 e. The third-order valence-electron chi connectivity index (χ3n) is 12.0.